The predicted octanol–water partition coefficient (Wildman–Crippen LogP) is 4.43. The summed E-state index contributed by atoms with van der Waals surface area (Å²) in [5.41, 5.74) is -0.691. The van der Waals surface area contributed by atoms with Gasteiger partial charge in [0, 0.05) is 5.92 Å². The molecule has 0 aromatic heterocycles. The monoisotopic (exact) mass is 337 g/mol. The van der Waals surface area contributed by atoms with Crippen LogP contribution in [0.15, 0.2) is 40.9 Å². The highest BCUT2D eigenvalue weighted by molar-refractivity contribution is 6.55. The Kier molecular flexibility index (Phi) is 4.56. The van der Waals surface area contributed by atoms with Gasteiger partial charge in [-0.15, -0.1) is 0 Å². The van der Waals surface area contributed by atoms with E-state index in [-0.39, 0.29) is 10.4 Å². The van der Waals surface area contributed by atoms with Gasteiger partial charge in [-0.2, -0.15) is 5.26 Å². The number of halogens is 2. The third-order valence-electron chi connectivity index (χ3n) is 4.78. The lowest BCUT2D eigenvalue weighted by molar-refractivity contribution is -0.149. The molecule has 1 saturated carbocycles. The lowest BCUT2D eigenvalue weighted by atomic mass is 9.78. The van der Waals surface area contributed by atoms with Crippen LogP contribution in [0.4, 0.5) is 0 Å². The van der Waals surface area contributed by atoms with E-state index in [1.165, 1.54) is 7.11 Å². The molecule has 0 radical (unpaired) electrons. The summed E-state index contributed by atoms with van der Waals surface area (Å²) in [4.78, 5) is 12.6. The summed E-state index contributed by atoms with van der Waals surface area (Å²) in [5.74, 6) is -1.31. The van der Waals surface area contributed by atoms with Crippen molar-refractivity contribution < 1.29 is 9.53 Å². The van der Waals surface area contributed by atoms with Crippen LogP contribution in [-0.2, 0) is 9.53 Å². The molecule has 3 nitrogen and oxygen atoms in total. The molecule has 0 bridgehead atoms. The summed E-state index contributed by atoms with van der Waals surface area (Å²) >= 11 is 11.6. The number of hydrogen-bond acceptors (Lipinski definition) is 3. The largest absolute Gasteiger partial charge is 0.469 e. The number of nitriles is 1. The van der Waals surface area contributed by atoms with Crippen molar-refractivity contribution >= 4 is 29.2 Å². The number of rotatable bonds is 4. The van der Waals surface area contributed by atoms with Crippen molar-refractivity contribution in [2.75, 3.05) is 7.11 Å². The number of methoxy groups -OCH3 is 1. The lowest BCUT2D eigenvalue weighted by Gasteiger charge is -2.23. The number of nitrogens with zero attached hydrogens (tertiary/aromatic N) is 1. The zero-order chi connectivity index (χ0) is 16.5. The van der Waals surface area contributed by atoms with Crippen LogP contribution in [0.5, 0.6) is 0 Å². The van der Waals surface area contributed by atoms with E-state index in [1.807, 2.05) is 44.2 Å². The Morgan fingerprint density at radius 1 is 1.36 bits per heavy atom. The molecule has 116 valence electrons. The first-order chi connectivity index (χ1) is 10.3. The standard InChI is InChI=1S/C17H17Cl2NO2/c1-16(2)13(9-14(18)19)17(16,15(21)22-3)12(10-20)11-7-5-4-6-8-11/h4-9,12-13H,1-3H3. The second-order valence-electron chi connectivity index (χ2n) is 5.99. The van der Waals surface area contributed by atoms with Crippen LogP contribution >= 0.6 is 23.2 Å². The quantitative estimate of drug-likeness (QED) is 0.763. The number of allylic oxidation sites excluding steroid dienone is 1. The summed E-state index contributed by atoms with van der Waals surface area (Å²) in [6.45, 7) is 3.85. The molecule has 22 heavy (non-hydrogen) atoms. The molecular formula is C17H17Cl2NO2. The minimum absolute atomic E-state index is 0.0913. The average molecular weight is 338 g/mol. The fourth-order valence-corrected chi connectivity index (χ4v) is 3.87. The Labute approximate surface area is 140 Å². The SMILES string of the molecule is COC(=O)C1(C(C#N)c2ccccc2)C(C=C(Cl)Cl)C1(C)C. The lowest BCUT2D eigenvalue weighted by Crippen LogP contribution is -2.30. The maximum Gasteiger partial charge on any atom is 0.314 e. The molecule has 0 aliphatic heterocycles. The Morgan fingerprint density at radius 2 is 1.95 bits per heavy atom. The zero-order valence-electron chi connectivity index (χ0n) is 12.6. The first kappa shape index (κ1) is 16.9. The van der Waals surface area contributed by atoms with Crippen LogP contribution < -0.4 is 0 Å². The van der Waals surface area contributed by atoms with Crippen molar-refractivity contribution in [3.63, 3.8) is 0 Å². The van der Waals surface area contributed by atoms with Crippen LogP contribution in [0.3, 0.4) is 0 Å². The number of carbonyl (C=O) groups is 1. The first-order valence-electron chi connectivity index (χ1n) is 6.89. The van der Waals surface area contributed by atoms with Crippen molar-refractivity contribution in [3.05, 3.63) is 46.5 Å². The van der Waals surface area contributed by atoms with Gasteiger partial charge >= 0.3 is 5.97 Å². The van der Waals surface area contributed by atoms with Gasteiger partial charge in [0.05, 0.1) is 19.1 Å². The molecule has 0 saturated heterocycles. The third kappa shape index (κ3) is 2.31. The van der Waals surface area contributed by atoms with Gasteiger partial charge in [0.25, 0.3) is 0 Å². The van der Waals surface area contributed by atoms with Crippen molar-refractivity contribution in [1.29, 1.82) is 5.26 Å². The topological polar surface area (TPSA) is 50.1 Å². The average Bonchev–Trinajstić information content (AvgIpc) is 2.96. The van der Waals surface area contributed by atoms with E-state index in [2.05, 4.69) is 6.07 Å². The molecule has 0 heterocycles. The Bertz CT molecular complexity index is 644. The molecule has 5 heteroatoms. The van der Waals surface area contributed by atoms with Crippen LogP contribution in [0.1, 0.15) is 25.3 Å². The second kappa shape index (κ2) is 5.95. The molecule has 1 aromatic carbocycles. The van der Waals surface area contributed by atoms with Gasteiger partial charge < -0.3 is 4.74 Å². The van der Waals surface area contributed by atoms with Crippen LogP contribution in [0.25, 0.3) is 0 Å². The second-order valence-corrected chi connectivity index (χ2v) is 7.00. The maximum atomic E-state index is 12.6. The first-order valence-corrected chi connectivity index (χ1v) is 7.65. The van der Waals surface area contributed by atoms with Crippen molar-refractivity contribution in [2.24, 2.45) is 16.7 Å². The van der Waals surface area contributed by atoms with Crippen LogP contribution in [-0.4, -0.2) is 13.1 Å². The fraction of sp³-hybridized carbons (Fsp3) is 0.412. The summed E-state index contributed by atoms with van der Waals surface area (Å²) in [5, 5.41) is 9.74. The molecular weight excluding hydrogens is 321 g/mol. The van der Waals surface area contributed by atoms with E-state index in [0.29, 0.717) is 0 Å². The number of hydrogen-bond donors (Lipinski definition) is 0. The fourth-order valence-electron chi connectivity index (χ4n) is 3.62. The number of esters is 1. The smallest absolute Gasteiger partial charge is 0.314 e. The molecule has 3 unspecified atom stereocenters. The molecule has 1 fully saturated rings. The van der Waals surface area contributed by atoms with Gasteiger partial charge in [-0.05, 0) is 17.1 Å². The summed E-state index contributed by atoms with van der Waals surface area (Å²) in [6, 6.07) is 11.5. The van der Waals surface area contributed by atoms with E-state index in [0.717, 1.165) is 5.56 Å². The summed E-state index contributed by atoms with van der Waals surface area (Å²) in [6.07, 6.45) is 1.63. The summed E-state index contributed by atoms with van der Waals surface area (Å²) < 4.78 is 5.12. The number of ether oxygens (including phenoxy) is 1. The normalized spacial score (nSPS) is 26.5. The molecule has 1 aromatic rings. The number of benzene rings is 1. The minimum atomic E-state index is -0.993. The molecule has 0 N–H and O–H groups in total. The Morgan fingerprint density at radius 3 is 2.41 bits per heavy atom. The maximum absolute atomic E-state index is 12.6. The predicted molar refractivity (Wildman–Crippen MR) is 86.3 cm³/mol. The van der Waals surface area contributed by atoms with Crippen LogP contribution in [0, 0.1) is 28.1 Å². The molecule has 1 aliphatic rings. The van der Waals surface area contributed by atoms with Crippen molar-refractivity contribution in [1.82, 2.24) is 0 Å². The van der Waals surface area contributed by atoms with Crippen molar-refractivity contribution in [2.45, 2.75) is 19.8 Å². The van der Waals surface area contributed by atoms with E-state index in [1.54, 1.807) is 6.08 Å². The Balaban J connectivity index is 2.60. The zero-order valence-corrected chi connectivity index (χ0v) is 14.2. The molecule has 2 rings (SSSR count). The third-order valence-corrected chi connectivity index (χ3v) is 5.04. The molecule has 0 spiro atoms. The van der Waals surface area contributed by atoms with E-state index >= 15 is 0 Å². The Hall–Kier alpha value is -1.50. The van der Waals surface area contributed by atoms with E-state index in [9.17, 15) is 10.1 Å². The molecule has 0 amide bonds. The highest BCUT2D eigenvalue weighted by atomic mass is 35.5. The van der Waals surface area contributed by atoms with E-state index in [4.69, 9.17) is 27.9 Å². The highest BCUT2D eigenvalue weighted by Gasteiger charge is 2.78. The molecule has 1 aliphatic carbocycles. The van der Waals surface area contributed by atoms with Crippen LogP contribution in [0.2, 0.25) is 0 Å². The van der Waals surface area contributed by atoms with Gasteiger partial charge in [0.15, 0.2) is 0 Å². The van der Waals surface area contributed by atoms with Gasteiger partial charge in [0.2, 0.25) is 0 Å². The van der Waals surface area contributed by atoms with Gasteiger partial charge in [-0.3, -0.25) is 4.79 Å². The van der Waals surface area contributed by atoms with Crippen molar-refractivity contribution in [3.8, 4) is 6.07 Å². The summed E-state index contributed by atoms with van der Waals surface area (Å²) in [7, 11) is 1.33. The molecule has 3 atom stereocenters. The van der Waals surface area contributed by atoms with Gasteiger partial charge in [0.1, 0.15) is 9.91 Å². The van der Waals surface area contributed by atoms with E-state index < -0.39 is 22.7 Å². The number of carbonyl (C=O) groups excluding carboxylic acids is 1. The minimum Gasteiger partial charge on any atom is -0.469 e. The van der Waals surface area contributed by atoms with Gasteiger partial charge in [-0.25, -0.2) is 0 Å². The highest BCUT2D eigenvalue weighted by Crippen LogP contribution is 2.75. The van der Waals surface area contributed by atoms with Gasteiger partial charge in [-0.1, -0.05) is 67.4 Å².